The SMILES string of the molecule is CCOc1ccc(CCC2CCC(c3ccc(C4CCCCC4)c(F)c3F)CC2)c(F)c1. The average Bonchev–Trinajstić information content (AvgIpc) is 2.81. The third kappa shape index (κ3) is 5.32. The Labute approximate surface area is 190 Å². The molecule has 0 N–H and O–H groups in total. The lowest BCUT2D eigenvalue weighted by molar-refractivity contribution is 0.303. The van der Waals surface area contributed by atoms with Crippen molar-refractivity contribution < 1.29 is 17.9 Å². The summed E-state index contributed by atoms with van der Waals surface area (Å²) in [5.74, 6) is -0.102. The summed E-state index contributed by atoms with van der Waals surface area (Å²) in [6.45, 7) is 2.41. The molecule has 174 valence electrons. The zero-order valence-corrected chi connectivity index (χ0v) is 19.1. The Morgan fingerprint density at radius 3 is 2.00 bits per heavy atom. The molecule has 0 saturated heterocycles. The highest BCUT2D eigenvalue weighted by Gasteiger charge is 2.28. The van der Waals surface area contributed by atoms with Crippen molar-refractivity contribution >= 4 is 0 Å². The van der Waals surface area contributed by atoms with Crippen molar-refractivity contribution in [2.24, 2.45) is 5.92 Å². The molecule has 4 rings (SSSR count). The van der Waals surface area contributed by atoms with E-state index in [1.165, 1.54) is 12.5 Å². The quantitative estimate of drug-likeness (QED) is 0.416. The molecule has 1 nitrogen and oxygen atoms in total. The first-order chi connectivity index (χ1) is 15.6. The van der Waals surface area contributed by atoms with E-state index in [1.54, 1.807) is 0 Å². The summed E-state index contributed by atoms with van der Waals surface area (Å²) in [5.41, 5.74) is 1.86. The summed E-state index contributed by atoms with van der Waals surface area (Å²) in [5, 5.41) is 0. The van der Waals surface area contributed by atoms with Crippen LogP contribution in [-0.4, -0.2) is 6.61 Å². The zero-order valence-electron chi connectivity index (χ0n) is 19.1. The van der Waals surface area contributed by atoms with Gasteiger partial charge in [0.25, 0.3) is 0 Å². The number of ether oxygens (including phenoxy) is 1. The minimum atomic E-state index is -0.618. The van der Waals surface area contributed by atoms with E-state index in [0.29, 0.717) is 35.8 Å². The van der Waals surface area contributed by atoms with Gasteiger partial charge in [-0.1, -0.05) is 37.5 Å². The molecule has 2 aromatic rings. The van der Waals surface area contributed by atoms with Gasteiger partial charge in [0.1, 0.15) is 11.6 Å². The van der Waals surface area contributed by atoms with E-state index in [-0.39, 0.29) is 17.7 Å². The van der Waals surface area contributed by atoms with Crippen LogP contribution < -0.4 is 4.74 Å². The second-order valence-electron chi connectivity index (χ2n) is 9.65. The lowest BCUT2D eigenvalue weighted by Crippen LogP contribution is -2.16. The smallest absolute Gasteiger partial charge is 0.162 e. The van der Waals surface area contributed by atoms with Crippen LogP contribution in [0.5, 0.6) is 5.75 Å². The van der Waals surface area contributed by atoms with Crippen LogP contribution in [-0.2, 0) is 6.42 Å². The van der Waals surface area contributed by atoms with Gasteiger partial charge >= 0.3 is 0 Å². The first-order valence-electron chi connectivity index (χ1n) is 12.5. The lowest BCUT2D eigenvalue weighted by Gasteiger charge is -2.30. The fourth-order valence-corrected chi connectivity index (χ4v) is 5.73. The first kappa shape index (κ1) is 23.2. The van der Waals surface area contributed by atoms with E-state index in [4.69, 9.17) is 4.74 Å². The lowest BCUT2D eigenvalue weighted by atomic mass is 9.76. The monoisotopic (exact) mass is 444 g/mol. The average molecular weight is 445 g/mol. The number of benzene rings is 2. The number of aryl methyl sites for hydroxylation is 1. The molecular weight excluding hydrogens is 409 g/mol. The molecule has 0 unspecified atom stereocenters. The molecule has 0 bridgehead atoms. The van der Waals surface area contributed by atoms with E-state index < -0.39 is 11.6 Å². The molecule has 0 aromatic heterocycles. The molecule has 2 fully saturated rings. The number of hydrogen-bond donors (Lipinski definition) is 0. The molecule has 0 heterocycles. The summed E-state index contributed by atoms with van der Waals surface area (Å²) in [4.78, 5) is 0. The summed E-state index contributed by atoms with van der Waals surface area (Å²) < 4.78 is 49.5. The minimum absolute atomic E-state index is 0.0865. The second kappa shape index (κ2) is 10.8. The molecule has 2 aliphatic rings. The van der Waals surface area contributed by atoms with Crippen molar-refractivity contribution in [1.82, 2.24) is 0 Å². The van der Waals surface area contributed by atoms with Gasteiger partial charge in [-0.3, -0.25) is 0 Å². The van der Waals surface area contributed by atoms with Crippen molar-refractivity contribution in [1.29, 1.82) is 0 Å². The Balaban J connectivity index is 1.32. The molecule has 0 spiro atoms. The predicted molar refractivity (Wildman–Crippen MR) is 123 cm³/mol. The van der Waals surface area contributed by atoms with Gasteiger partial charge < -0.3 is 4.74 Å². The number of rotatable bonds is 7. The standard InChI is InChI=1S/C28H35F3O/c1-2-32-23-15-14-22(26(29)18-23)13-10-19-8-11-21(12-9-19)25-17-16-24(27(30)28(25)31)20-6-4-3-5-7-20/h14-21H,2-13H2,1H3. The van der Waals surface area contributed by atoms with Crippen LogP contribution in [0.25, 0.3) is 0 Å². The van der Waals surface area contributed by atoms with Crippen LogP contribution in [0, 0.1) is 23.4 Å². The number of halogens is 3. The van der Waals surface area contributed by atoms with Crippen molar-refractivity contribution in [2.45, 2.75) is 89.4 Å². The molecule has 0 amide bonds. The molecule has 2 aliphatic carbocycles. The van der Waals surface area contributed by atoms with Crippen LogP contribution in [0.15, 0.2) is 30.3 Å². The maximum Gasteiger partial charge on any atom is 0.162 e. The van der Waals surface area contributed by atoms with Crippen molar-refractivity contribution in [3.8, 4) is 5.75 Å². The largest absolute Gasteiger partial charge is 0.494 e. The Morgan fingerprint density at radius 1 is 0.781 bits per heavy atom. The molecule has 4 heteroatoms. The van der Waals surface area contributed by atoms with Gasteiger partial charge in [0.2, 0.25) is 0 Å². The third-order valence-corrected chi connectivity index (χ3v) is 7.63. The highest BCUT2D eigenvalue weighted by Crippen LogP contribution is 2.41. The van der Waals surface area contributed by atoms with Crippen LogP contribution in [0.3, 0.4) is 0 Å². The van der Waals surface area contributed by atoms with E-state index >= 15 is 0 Å². The molecule has 2 aromatic carbocycles. The van der Waals surface area contributed by atoms with Crippen LogP contribution in [0.4, 0.5) is 13.2 Å². The van der Waals surface area contributed by atoms with E-state index in [1.807, 2.05) is 31.2 Å². The zero-order chi connectivity index (χ0) is 22.5. The topological polar surface area (TPSA) is 9.23 Å². The minimum Gasteiger partial charge on any atom is -0.494 e. The Morgan fingerprint density at radius 2 is 1.41 bits per heavy atom. The van der Waals surface area contributed by atoms with Crippen molar-refractivity contribution in [3.63, 3.8) is 0 Å². The Bertz CT molecular complexity index is 896. The van der Waals surface area contributed by atoms with E-state index in [2.05, 4.69) is 0 Å². The van der Waals surface area contributed by atoms with Gasteiger partial charge in [-0.15, -0.1) is 0 Å². The van der Waals surface area contributed by atoms with Crippen LogP contribution in [0.2, 0.25) is 0 Å². The van der Waals surface area contributed by atoms with Gasteiger partial charge in [-0.05, 0) is 98.8 Å². The van der Waals surface area contributed by atoms with Gasteiger partial charge in [-0.2, -0.15) is 0 Å². The molecule has 0 atom stereocenters. The van der Waals surface area contributed by atoms with Gasteiger partial charge in [0.15, 0.2) is 11.6 Å². The maximum atomic E-state index is 15.0. The fourth-order valence-electron chi connectivity index (χ4n) is 5.73. The van der Waals surface area contributed by atoms with Crippen molar-refractivity contribution in [3.05, 3.63) is 64.5 Å². The third-order valence-electron chi connectivity index (χ3n) is 7.63. The molecular formula is C28H35F3O. The Hall–Kier alpha value is -1.97. The summed E-state index contributed by atoms with van der Waals surface area (Å²) >= 11 is 0. The molecule has 2 saturated carbocycles. The van der Waals surface area contributed by atoms with Gasteiger partial charge in [0, 0.05) is 6.07 Å². The normalized spacial score (nSPS) is 22.1. The van der Waals surface area contributed by atoms with Crippen molar-refractivity contribution in [2.75, 3.05) is 6.61 Å². The number of hydrogen-bond acceptors (Lipinski definition) is 1. The first-order valence-corrected chi connectivity index (χ1v) is 12.5. The fraction of sp³-hybridized carbons (Fsp3) is 0.571. The summed E-state index contributed by atoms with van der Waals surface area (Å²) in [6.07, 6.45) is 10.7. The van der Waals surface area contributed by atoms with E-state index in [9.17, 15) is 13.2 Å². The highest BCUT2D eigenvalue weighted by atomic mass is 19.2. The summed E-state index contributed by atoms with van der Waals surface area (Å²) in [7, 11) is 0. The van der Waals surface area contributed by atoms with Crippen LogP contribution in [0.1, 0.15) is 99.7 Å². The van der Waals surface area contributed by atoms with E-state index in [0.717, 1.165) is 63.4 Å². The Kier molecular flexibility index (Phi) is 7.80. The van der Waals surface area contributed by atoms with Crippen LogP contribution >= 0.6 is 0 Å². The predicted octanol–water partition coefficient (Wildman–Crippen LogP) is 8.46. The second-order valence-corrected chi connectivity index (χ2v) is 9.65. The summed E-state index contributed by atoms with van der Waals surface area (Å²) in [6, 6.07) is 8.81. The van der Waals surface area contributed by atoms with Gasteiger partial charge in [-0.25, -0.2) is 13.2 Å². The molecule has 0 aliphatic heterocycles. The molecule has 32 heavy (non-hydrogen) atoms. The maximum absolute atomic E-state index is 15.0. The molecule has 0 radical (unpaired) electrons. The van der Waals surface area contributed by atoms with Gasteiger partial charge in [0.05, 0.1) is 6.61 Å². The highest BCUT2D eigenvalue weighted by molar-refractivity contribution is 5.32.